The second-order valence-corrected chi connectivity index (χ2v) is 34.3. The van der Waals surface area contributed by atoms with Crippen LogP contribution >= 0.6 is 0 Å². The van der Waals surface area contributed by atoms with Crippen LogP contribution in [0, 0.1) is 0 Å². The summed E-state index contributed by atoms with van der Waals surface area (Å²) in [5.41, 5.74) is 22.0. The first-order valence-electron chi connectivity index (χ1n) is 52.7. The topological polar surface area (TPSA) is 22.8 Å². The molecule has 0 saturated heterocycles. The molecule has 0 fully saturated rings. The third kappa shape index (κ3) is 13.3. The van der Waals surface area contributed by atoms with Gasteiger partial charge >= 0.3 is 0 Å². The summed E-state index contributed by atoms with van der Waals surface area (Å²) in [6.45, 7) is 0. The van der Waals surface area contributed by atoms with Crippen molar-refractivity contribution in [2.75, 3.05) is 19.6 Å². The highest BCUT2D eigenvalue weighted by atomic mass is 15.2. The second-order valence-electron chi connectivity index (χ2n) is 34.3. The highest BCUT2D eigenvalue weighted by Crippen LogP contribution is 2.63. The van der Waals surface area contributed by atoms with Gasteiger partial charge in [0.15, 0.2) is 0 Å². The third-order valence-electron chi connectivity index (χ3n) is 27.0. The lowest BCUT2D eigenvalue weighted by molar-refractivity contribution is 0.777. The van der Waals surface area contributed by atoms with Crippen LogP contribution in [0.25, 0.3) is 98.8 Å². The second kappa shape index (κ2) is 33.8. The zero-order valence-electron chi connectivity index (χ0n) is 87.6. The Kier molecular flexibility index (Phi) is 16.5. The maximum Gasteiger partial charge on any atom is 0.0720 e. The largest absolute Gasteiger partial charge is 0.310 e. The van der Waals surface area contributed by atoms with E-state index < -0.39 is 71.3 Å². The molecule has 0 aliphatic heterocycles. The molecule has 640 valence electrons. The van der Waals surface area contributed by atoms with E-state index in [4.69, 9.17) is 4.11 Å². The molecule has 2 aliphatic rings. The molecule has 0 unspecified atom stereocenters. The van der Waals surface area contributed by atoms with Crippen LogP contribution in [0.3, 0.4) is 0 Å². The van der Waals surface area contributed by atoms with Crippen LogP contribution in [0.4, 0.5) is 68.2 Å². The van der Waals surface area contributed by atoms with Gasteiger partial charge in [0.2, 0.25) is 0 Å². The third-order valence-corrected chi connectivity index (χ3v) is 27.0. The molecule has 136 heavy (non-hydrogen) atoms. The number of hydrogen-bond acceptors (Lipinski definition) is 4. The zero-order chi connectivity index (χ0) is 102. The van der Waals surface area contributed by atoms with Crippen molar-refractivity contribution in [3.05, 3.63) is 590 Å². The van der Waals surface area contributed by atoms with Crippen LogP contribution in [-0.2, 0) is 10.8 Å². The normalized spacial score (nSPS) is 14.0. The summed E-state index contributed by atoms with van der Waals surface area (Å²) >= 11 is 0. The van der Waals surface area contributed by atoms with E-state index in [1.165, 1.54) is 0 Å². The number of benzene rings is 22. The van der Waals surface area contributed by atoms with Gasteiger partial charge in [-0.15, -0.1) is 0 Å². The smallest absolute Gasteiger partial charge is 0.0720 e. The molecule has 0 spiro atoms. The molecule has 0 amide bonds. The Morgan fingerprint density at radius 3 is 0.765 bits per heavy atom. The minimum Gasteiger partial charge on any atom is -0.310 e. The summed E-state index contributed by atoms with van der Waals surface area (Å²) in [6, 6.07) is 151. The van der Waals surface area contributed by atoms with Crippen molar-refractivity contribution in [2.45, 2.75) is 10.8 Å². The predicted octanol–water partition coefficient (Wildman–Crippen LogP) is 34.5. The van der Waals surface area contributed by atoms with E-state index in [1.54, 1.807) is 0 Å². The van der Waals surface area contributed by atoms with Crippen molar-refractivity contribution in [2.24, 2.45) is 0 Å². The molecule has 24 aromatic rings. The SMILES string of the molecule is [2H]c1c([2H])c([2H])c2c(C3(c4ccc5c(c4)c4ccccc4n5-c4ccccc4)c4ccc(N(c5ccccc5)c5ccccc5)cc4-c4cc(N(c5ccccc5)c5ccccc5)ccc43)c([2H])c([2H])c([2H])c2c1[2H].[2H]c1c([2H])c([2H])c2c(C3(c4ccc5c6ccccc6n(-c6ccccc6)c5c4)c4ccc(N(c5ccccc5)c5ccccc5)cc4-c4cc(N(c5ccccc5)c5ccccc5)ccc43)c([2H])c([2H])c([2H])c2c1[2H]. The Morgan fingerprint density at radius 1 is 0.169 bits per heavy atom. The molecule has 0 N–H and O–H groups in total. The summed E-state index contributed by atoms with van der Waals surface area (Å²) < 4.78 is 137. The van der Waals surface area contributed by atoms with Gasteiger partial charge in [-0.05, 0) is 288 Å². The van der Waals surface area contributed by atoms with Gasteiger partial charge in [0.05, 0.1) is 52.1 Å². The van der Waals surface area contributed by atoms with Crippen molar-refractivity contribution in [1.29, 1.82) is 0 Å². The van der Waals surface area contributed by atoms with Crippen LogP contribution in [0.1, 0.15) is 63.7 Å². The van der Waals surface area contributed by atoms with E-state index in [0.717, 1.165) is 179 Å². The van der Waals surface area contributed by atoms with Crippen molar-refractivity contribution < 1.29 is 19.2 Å². The molecule has 0 bridgehead atoms. The predicted molar refractivity (Wildman–Crippen MR) is 570 cm³/mol. The van der Waals surface area contributed by atoms with Crippen LogP contribution < -0.4 is 19.6 Å². The Bertz CT molecular complexity index is 9060. The molecule has 0 radical (unpaired) electrons. The fourth-order valence-corrected chi connectivity index (χ4v) is 21.3. The molecule has 0 atom stereocenters. The molecule has 0 saturated carbocycles. The Morgan fingerprint density at radius 2 is 0.426 bits per heavy atom. The van der Waals surface area contributed by atoms with E-state index in [1.807, 2.05) is 206 Å². The minimum absolute atomic E-state index is 0.0352. The molecule has 2 aromatic heterocycles. The van der Waals surface area contributed by atoms with E-state index >= 15 is 0 Å². The first-order valence-corrected chi connectivity index (χ1v) is 45.7. The first-order chi connectivity index (χ1) is 73.3. The maximum absolute atomic E-state index is 10.2. The standard InChI is InChI=1S/2C65H45N3/c1-6-23-48(24-7-1)66(49-25-8-2-9-26-49)53-38-40-61-57(44-53)58-45-54(67(50-27-10-3-11-28-50)51-29-12-4-13-30-51)39-41-62(58)65(61,60-35-20-22-46-21-16-17-33-55(46)60)47-37-42-64-59(43-47)56-34-18-19-36-63(56)68(64)52-31-14-5-15-32-52;1-6-23-48(24-7-1)66(49-25-8-2-9-26-49)53-38-41-61-58(44-53)59-45-54(67(50-27-10-3-11-28-50)51-29-12-4-13-30-51)39-42-62(59)65(61,60-35-20-22-46-21-16-17-33-55(46)60)47-37-40-57-56-34-18-19-36-63(56)68(64(57)43-47)52-31-14-5-15-32-52/h2*1-45H/i2*16D,17D,20D,21D,22D,33D,35D. The fourth-order valence-electron chi connectivity index (χ4n) is 21.3. The minimum atomic E-state index is -1.51. The molecule has 2 aliphatic carbocycles. The molecular formula is C130H90N6. The summed E-state index contributed by atoms with van der Waals surface area (Å²) in [5.74, 6) is 0. The van der Waals surface area contributed by atoms with Crippen molar-refractivity contribution in [3.8, 4) is 33.6 Å². The first kappa shape index (κ1) is 66.5. The number of para-hydroxylation sites is 12. The van der Waals surface area contributed by atoms with Gasteiger partial charge in [0.1, 0.15) is 0 Å². The molecule has 26 rings (SSSR count). The molecule has 6 nitrogen and oxygen atoms in total. The number of aromatic nitrogens is 2. The monoisotopic (exact) mass is 1750 g/mol. The van der Waals surface area contributed by atoms with Gasteiger partial charge in [-0.25, -0.2) is 0 Å². The number of nitrogens with zero attached hydrogens (tertiary/aromatic N) is 6. The lowest BCUT2D eigenvalue weighted by atomic mass is 9.66. The Balaban J connectivity index is 0.000000155. The van der Waals surface area contributed by atoms with Crippen LogP contribution in [0.15, 0.2) is 546 Å². The summed E-state index contributed by atoms with van der Waals surface area (Å²) in [7, 11) is 0. The zero-order valence-corrected chi connectivity index (χ0v) is 73.6. The average Bonchev–Trinajstić information content (AvgIpc) is 1.44. The van der Waals surface area contributed by atoms with Crippen molar-refractivity contribution in [3.63, 3.8) is 0 Å². The quantitative estimate of drug-likeness (QED) is 0.0854. The van der Waals surface area contributed by atoms with Crippen LogP contribution in [0.2, 0.25) is 0 Å². The molecule has 2 heterocycles. The fraction of sp³-hybridized carbons (Fsp3) is 0.0154. The molecule has 22 aromatic carbocycles. The van der Waals surface area contributed by atoms with Gasteiger partial charge in [-0.3, -0.25) is 0 Å². The summed E-state index contributed by atoms with van der Waals surface area (Å²) in [4.78, 5) is 8.86. The van der Waals surface area contributed by atoms with Crippen LogP contribution in [0.5, 0.6) is 0 Å². The molecule has 6 heteroatoms. The van der Waals surface area contributed by atoms with Gasteiger partial charge < -0.3 is 28.7 Å². The summed E-state index contributed by atoms with van der Waals surface area (Å²) in [6.07, 6.45) is 0. The van der Waals surface area contributed by atoms with E-state index in [0.29, 0.717) is 0 Å². The Hall–Kier alpha value is -17.8. The maximum atomic E-state index is 10.2. The van der Waals surface area contributed by atoms with Gasteiger partial charge in [0, 0.05) is 101 Å². The van der Waals surface area contributed by atoms with E-state index in [9.17, 15) is 15.1 Å². The highest BCUT2D eigenvalue weighted by molar-refractivity contribution is 6.12. The van der Waals surface area contributed by atoms with Gasteiger partial charge in [-0.1, -0.05) is 345 Å². The number of fused-ring (bicyclic) bond motifs is 14. The molecular weight excluding hydrogens is 1650 g/mol. The van der Waals surface area contributed by atoms with E-state index in [2.05, 4.69) is 284 Å². The average molecular weight is 1750 g/mol. The number of rotatable bonds is 18. The van der Waals surface area contributed by atoms with Crippen molar-refractivity contribution in [1.82, 2.24) is 9.13 Å². The summed E-state index contributed by atoms with van der Waals surface area (Å²) in [5, 5.41) is 3.87. The number of hydrogen-bond donors (Lipinski definition) is 0. The highest BCUT2D eigenvalue weighted by Gasteiger charge is 2.50. The lowest BCUT2D eigenvalue weighted by Crippen LogP contribution is -2.29. The Labute approximate surface area is 811 Å². The van der Waals surface area contributed by atoms with E-state index in [-0.39, 0.29) is 56.8 Å². The van der Waals surface area contributed by atoms with Crippen molar-refractivity contribution >= 4 is 133 Å². The lowest BCUT2D eigenvalue weighted by Gasteiger charge is -2.35. The number of anilines is 12. The van der Waals surface area contributed by atoms with Gasteiger partial charge in [-0.2, -0.15) is 0 Å². The van der Waals surface area contributed by atoms with Crippen LogP contribution in [-0.4, -0.2) is 9.13 Å². The van der Waals surface area contributed by atoms with Gasteiger partial charge in [0.25, 0.3) is 0 Å².